The van der Waals surface area contributed by atoms with Crippen molar-refractivity contribution in [1.82, 2.24) is 4.98 Å². The molecule has 0 aromatic carbocycles. The summed E-state index contributed by atoms with van der Waals surface area (Å²) in [6, 6.07) is 0.743. The Morgan fingerprint density at radius 2 is 2.27 bits per heavy atom. The lowest BCUT2D eigenvalue weighted by molar-refractivity contribution is -0.390. The fourth-order valence-corrected chi connectivity index (χ4v) is 0.918. The smallest absolute Gasteiger partial charge is 0.410 e. The third-order valence-electron chi connectivity index (χ3n) is 1.60. The van der Waals surface area contributed by atoms with Gasteiger partial charge in [-0.25, -0.2) is 8.78 Å². The molecule has 0 atom stereocenters. The summed E-state index contributed by atoms with van der Waals surface area (Å²) in [4.78, 5) is 12.5. The Bertz CT molecular complexity index is 397. The van der Waals surface area contributed by atoms with Crippen molar-refractivity contribution in [1.29, 1.82) is 0 Å². The van der Waals surface area contributed by atoms with Gasteiger partial charge < -0.3 is 20.0 Å². The molecule has 1 heterocycles. The average Bonchev–Trinajstić information content (AvgIpc) is 2.17. The third-order valence-corrected chi connectivity index (χ3v) is 1.60. The lowest BCUT2D eigenvalue weighted by Gasteiger charge is -2.04. The highest BCUT2D eigenvalue weighted by molar-refractivity contribution is 5.48. The first-order chi connectivity index (χ1) is 6.97. The number of halogens is 2. The van der Waals surface area contributed by atoms with Crippen LogP contribution in [0.1, 0.15) is 12.0 Å². The van der Waals surface area contributed by atoms with Gasteiger partial charge in [0.25, 0.3) is 6.43 Å². The summed E-state index contributed by atoms with van der Waals surface area (Å²) in [5.74, 6) is -2.55. The van der Waals surface area contributed by atoms with E-state index in [-0.39, 0.29) is 5.88 Å². The van der Waals surface area contributed by atoms with E-state index in [1.807, 2.05) is 0 Å². The zero-order chi connectivity index (χ0) is 11.6. The number of ether oxygens (including phenoxy) is 1. The Morgan fingerprint density at radius 1 is 1.67 bits per heavy atom. The van der Waals surface area contributed by atoms with Crippen LogP contribution in [0.15, 0.2) is 6.07 Å². The van der Waals surface area contributed by atoms with Crippen molar-refractivity contribution in [3.05, 3.63) is 21.7 Å². The molecule has 82 valence electrons. The molecular weight excluding hydrogens is 214 g/mol. The molecule has 15 heavy (non-hydrogen) atoms. The van der Waals surface area contributed by atoms with Crippen LogP contribution in [0.3, 0.4) is 0 Å². The predicted octanol–water partition coefficient (Wildman–Crippen LogP) is 1.64. The van der Waals surface area contributed by atoms with Gasteiger partial charge in [0.15, 0.2) is 0 Å². The average molecular weight is 220 g/mol. The molecule has 0 aliphatic heterocycles. The number of hydrogen-bond acceptors (Lipinski definition) is 5. The Labute approximate surface area is 82.3 Å². The van der Waals surface area contributed by atoms with E-state index in [1.54, 1.807) is 0 Å². The summed E-state index contributed by atoms with van der Waals surface area (Å²) in [6.07, 6.45) is -3.04. The molecule has 0 saturated heterocycles. The van der Waals surface area contributed by atoms with Crippen molar-refractivity contribution in [2.75, 3.05) is 7.11 Å². The van der Waals surface area contributed by atoms with E-state index in [0.717, 1.165) is 13.2 Å². The van der Waals surface area contributed by atoms with Crippen molar-refractivity contribution in [2.45, 2.75) is 6.43 Å². The molecule has 0 aliphatic rings. The summed E-state index contributed by atoms with van der Waals surface area (Å²) in [7, 11) is 1.12. The highest BCUT2D eigenvalue weighted by atomic mass is 19.3. The minimum Gasteiger partial charge on any atom is -0.501 e. The normalized spacial score (nSPS) is 10.4. The topological polar surface area (TPSA) is 85.5 Å². The Hall–Kier alpha value is -1.99. The maximum Gasteiger partial charge on any atom is 0.410 e. The van der Waals surface area contributed by atoms with E-state index in [4.69, 9.17) is 5.11 Å². The number of nitro groups is 1. The summed E-state index contributed by atoms with van der Waals surface area (Å²) < 4.78 is 29.1. The SMILES string of the molecule is COc1cc(C(F)F)c(O)c([N+](=O)[O-])n1. The van der Waals surface area contributed by atoms with Gasteiger partial charge in [0, 0.05) is 11.1 Å². The quantitative estimate of drug-likeness (QED) is 0.618. The molecule has 0 bridgehead atoms. The highest BCUT2D eigenvalue weighted by Crippen LogP contribution is 2.36. The fraction of sp³-hybridized carbons (Fsp3) is 0.286. The van der Waals surface area contributed by atoms with Gasteiger partial charge in [0.1, 0.15) is 0 Å². The largest absolute Gasteiger partial charge is 0.501 e. The molecule has 1 aromatic rings. The number of alkyl halides is 2. The summed E-state index contributed by atoms with van der Waals surface area (Å²) in [5.41, 5.74) is -0.881. The first kappa shape index (κ1) is 11.1. The molecule has 8 heteroatoms. The molecule has 1 N–H and O–H groups in total. The van der Waals surface area contributed by atoms with Gasteiger partial charge in [-0.1, -0.05) is 0 Å². The van der Waals surface area contributed by atoms with E-state index in [9.17, 15) is 18.9 Å². The molecule has 6 nitrogen and oxygen atoms in total. The summed E-state index contributed by atoms with van der Waals surface area (Å²) >= 11 is 0. The van der Waals surface area contributed by atoms with Gasteiger partial charge in [0.05, 0.1) is 12.7 Å². The van der Waals surface area contributed by atoms with Gasteiger partial charge in [0.2, 0.25) is 5.75 Å². The second kappa shape index (κ2) is 4.03. The van der Waals surface area contributed by atoms with Crippen LogP contribution >= 0.6 is 0 Å². The van der Waals surface area contributed by atoms with Crippen LogP contribution in [0.25, 0.3) is 0 Å². The van der Waals surface area contributed by atoms with Crippen molar-refractivity contribution in [3.63, 3.8) is 0 Å². The first-order valence-corrected chi connectivity index (χ1v) is 3.67. The van der Waals surface area contributed by atoms with Gasteiger partial charge in [-0.2, -0.15) is 0 Å². The number of rotatable bonds is 3. The van der Waals surface area contributed by atoms with E-state index >= 15 is 0 Å². The number of methoxy groups -OCH3 is 1. The summed E-state index contributed by atoms with van der Waals surface area (Å²) in [6.45, 7) is 0. The first-order valence-electron chi connectivity index (χ1n) is 3.67. The Kier molecular flexibility index (Phi) is 2.98. The molecule has 0 spiro atoms. The molecule has 0 radical (unpaired) electrons. The summed E-state index contributed by atoms with van der Waals surface area (Å²) in [5, 5.41) is 19.5. The molecule has 0 fully saturated rings. The monoisotopic (exact) mass is 220 g/mol. The second-order valence-corrected chi connectivity index (χ2v) is 2.48. The zero-order valence-electron chi connectivity index (χ0n) is 7.48. The van der Waals surface area contributed by atoms with Gasteiger partial charge in [-0.15, -0.1) is 0 Å². The highest BCUT2D eigenvalue weighted by Gasteiger charge is 2.27. The standard InChI is InChI=1S/C7H6F2N2O4/c1-15-4-2-3(6(8)9)5(12)7(10-4)11(13)14/h2,6,12H,1H3. The molecule has 0 amide bonds. The van der Waals surface area contributed by atoms with Gasteiger partial charge in [-0.05, 0) is 4.92 Å². The number of pyridine rings is 1. The van der Waals surface area contributed by atoms with Gasteiger partial charge >= 0.3 is 11.7 Å². The number of aromatic nitrogens is 1. The minimum atomic E-state index is -3.04. The van der Waals surface area contributed by atoms with Crippen molar-refractivity contribution in [3.8, 4) is 11.6 Å². The molecule has 0 unspecified atom stereocenters. The number of hydrogen-bond donors (Lipinski definition) is 1. The second-order valence-electron chi connectivity index (χ2n) is 2.48. The molecule has 0 saturated carbocycles. The van der Waals surface area contributed by atoms with Crippen molar-refractivity contribution in [2.24, 2.45) is 0 Å². The third kappa shape index (κ3) is 2.09. The Morgan fingerprint density at radius 3 is 2.67 bits per heavy atom. The van der Waals surface area contributed by atoms with Crippen LogP contribution in [0, 0.1) is 10.1 Å². The van der Waals surface area contributed by atoms with Gasteiger partial charge in [-0.3, -0.25) is 0 Å². The van der Waals surface area contributed by atoms with E-state index < -0.39 is 28.5 Å². The van der Waals surface area contributed by atoms with E-state index in [1.165, 1.54) is 0 Å². The van der Waals surface area contributed by atoms with Crippen LogP contribution in [0.4, 0.5) is 14.6 Å². The number of nitrogens with zero attached hydrogens (tertiary/aromatic N) is 2. The van der Waals surface area contributed by atoms with Crippen molar-refractivity contribution >= 4 is 5.82 Å². The lowest BCUT2D eigenvalue weighted by atomic mass is 10.2. The van der Waals surface area contributed by atoms with E-state index in [2.05, 4.69) is 9.72 Å². The van der Waals surface area contributed by atoms with Crippen molar-refractivity contribution < 1.29 is 23.5 Å². The molecule has 1 rings (SSSR count). The van der Waals surface area contributed by atoms with Crippen LogP contribution < -0.4 is 4.74 Å². The molecular formula is C7H6F2N2O4. The fourth-order valence-electron chi connectivity index (χ4n) is 0.918. The minimum absolute atomic E-state index is 0.352. The zero-order valence-corrected chi connectivity index (χ0v) is 7.48. The molecule has 0 aliphatic carbocycles. The van der Waals surface area contributed by atoms with Crippen LogP contribution in [-0.4, -0.2) is 22.1 Å². The molecule has 1 aromatic heterocycles. The predicted molar refractivity (Wildman–Crippen MR) is 44.1 cm³/mol. The maximum atomic E-state index is 12.3. The Balaban J connectivity index is 3.40. The maximum absolute atomic E-state index is 12.3. The lowest BCUT2D eigenvalue weighted by Crippen LogP contribution is -1.99. The van der Waals surface area contributed by atoms with Crippen LogP contribution in [0.2, 0.25) is 0 Å². The van der Waals surface area contributed by atoms with Crippen LogP contribution in [0.5, 0.6) is 11.6 Å². The van der Waals surface area contributed by atoms with E-state index in [0.29, 0.717) is 0 Å². The number of aromatic hydroxyl groups is 1. The van der Waals surface area contributed by atoms with Crippen LogP contribution in [-0.2, 0) is 0 Å².